The number of amides is 1. The van der Waals surface area contributed by atoms with Gasteiger partial charge in [-0.05, 0) is 38.3 Å². The lowest BCUT2D eigenvalue weighted by molar-refractivity contribution is 0.113. The molecule has 3 fully saturated rings. The second-order valence-electron chi connectivity index (χ2n) is 8.62. The molecule has 0 unspecified atom stereocenters. The van der Waals surface area contributed by atoms with Gasteiger partial charge in [0.25, 0.3) is 0 Å². The summed E-state index contributed by atoms with van der Waals surface area (Å²) in [7, 11) is 0. The van der Waals surface area contributed by atoms with E-state index in [2.05, 4.69) is 52.0 Å². The van der Waals surface area contributed by atoms with Gasteiger partial charge >= 0.3 is 6.09 Å². The van der Waals surface area contributed by atoms with Gasteiger partial charge in [-0.15, -0.1) is 0 Å². The summed E-state index contributed by atoms with van der Waals surface area (Å²) in [6.07, 6.45) is 6.54. The van der Waals surface area contributed by atoms with E-state index < -0.39 is 0 Å². The Labute approximate surface area is 165 Å². The number of hydrogen-bond acceptors (Lipinski definition) is 4. The van der Waals surface area contributed by atoms with Gasteiger partial charge in [0, 0.05) is 36.8 Å². The number of ether oxygens (including phenoxy) is 1. The van der Waals surface area contributed by atoms with Gasteiger partial charge in [-0.25, -0.2) is 4.79 Å². The standard InChI is InChI=1S/C22H28N4O2/c1-14-7-8-15(2)18(9-14)21-16(10-23-24-21)11-25-12-19-20(13-25)28-22(27)26(19)17-5-3-4-6-17/h7-10,17,19-20H,3-6,11-13H2,1-2H3,(H,23,24)/t19-,20+/m1/s1. The monoisotopic (exact) mass is 380 g/mol. The van der Waals surface area contributed by atoms with Crippen molar-refractivity contribution in [3.05, 3.63) is 41.1 Å². The number of nitrogens with zero attached hydrogens (tertiary/aromatic N) is 3. The number of aromatic nitrogens is 2. The number of carbonyl (C=O) groups excluding carboxylic acids is 1. The second-order valence-corrected chi connectivity index (χ2v) is 8.62. The zero-order chi connectivity index (χ0) is 19.3. The number of likely N-dealkylation sites (tertiary alicyclic amines) is 1. The Hall–Kier alpha value is -2.34. The van der Waals surface area contributed by atoms with Gasteiger partial charge in [0.2, 0.25) is 0 Å². The lowest BCUT2D eigenvalue weighted by atomic mass is 10.0. The summed E-state index contributed by atoms with van der Waals surface area (Å²) < 4.78 is 5.73. The number of hydrogen-bond donors (Lipinski definition) is 1. The van der Waals surface area contributed by atoms with Crippen LogP contribution in [-0.4, -0.2) is 57.4 Å². The van der Waals surface area contributed by atoms with E-state index in [0.29, 0.717) is 6.04 Å². The number of benzene rings is 1. The minimum Gasteiger partial charge on any atom is -0.442 e. The Morgan fingerprint density at radius 3 is 2.86 bits per heavy atom. The van der Waals surface area contributed by atoms with Crippen LogP contribution in [0, 0.1) is 13.8 Å². The van der Waals surface area contributed by atoms with Crippen LogP contribution in [-0.2, 0) is 11.3 Å². The highest BCUT2D eigenvalue weighted by Gasteiger charge is 2.50. The van der Waals surface area contributed by atoms with Gasteiger partial charge in [-0.3, -0.25) is 14.9 Å². The molecule has 3 aliphatic rings. The molecule has 148 valence electrons. The molecule has 6 nitrogen and oxygen atoms in total. The molecule has 1 amide bonds. The molecule has 1 saturated carbocycles. The third-order valence-corrected chi connectivity index (χ3v) is 6.63. The number of aromatic amines is 1. The maximum atomic E-state index is 12.4. The second kappa shape index (κ2) is 6.92. The van der Waals surface area contributed by atoms with E-state index in [4.69, 9.17) is 4.74 Å². The first-order chi connectivity index (χ1) is 13.6. The van der Waals surface area contributed by atoms with Crippen LogP contribution >= 0.6 is 0 Å². The highest BCUT2D eigenvalue weighted by molar-refractivity contribution is 5.71. The molecule has 2 aliphatic heterocycles. The number of rotatable bonds is 4. The molecular weight excluding hydrogens is 352 g/mol. The van der Waals surface area contributed by atoms with Crippen molar-refractivity contribution in [2.24, 2.45) is 0 Å². The van der Waals surface area contributed by atoms with Gasteiger partial charge in [-0.1, -0.05) is 30.5 Å². The molecule has 0 bridgehead atoms. The van der Waals surface area contributed by atoms with Gasteiger partial charge in [0.15, 0.2) is 0 Å². The van der Waals surface area contributed by atoms with E-state index in [9.17, 15) is 4.79 Å². The van der Waals surface area contributed by atoms with Crippen molar-refractivity contribution in [2.75, 3.05) is 13.1 Å². The molecule has 1 N–H and O–H groups in total. The lowest BCUT2D eigenvalue weighted by Crippen LogP contribution is -2.43. The molecule has 1 aliphatic carbocycles. The number of H-pyrrole nitrogens is 1. The van der Waals surface area contributed by atoms with Crippen molar-refractivity contribution in [3.8, 4) is 11.3 Å². The molecule has 2 saturated heterocycles. The minimum absolute atomic E-state index is 0.00385. The number of aryl methyl sites for hydroxylation is 2. The Bertz CT molecular complexity index is 886. The fraction of sp³-hybridized carbons (Fsp3) is 0.545. The van der Waals surface area contributed by atoms with Crippen LogP contribution in [0.3, 0.4) is 0 Å². The molecular formula is C22H28N4O2. The third-order valence-electron chi connectivity index (χ3n) is 6.63. The van der Waals surface area contributed by atoms with E-state index in [1.54, 1.807) is 0 Å². The van der Waals surface area contributed by atoms with Crippen LogP contribution in [0.2, 0.25) is 0 Å². The van der Waals surface area contributed by atoms with E-state index in [0.717, 1.165) is 38.2 Å². The summed E-state index contributed by atoms with van der Waals surface area (Å²) in [6, 6.07) is 7.10. The average molecular weight is 380 g/mol. The predicted octanol–water partition coefficient (Wildman–Crippen LogP) is 3.64. The van der Waals surface area contributed by atoms with Crippen molar-refractivity contribution in [1.82, 2.24) is 20.0 Å². The highest BCUT2D eigenvalue weighted by atomic mass is 16.6. The summed E-state index contributed by atoms with van der Waals surface area (Å²) >= 11 is 0. The summed E-state index contributed by atoms with van der Waals surface area (Å²) in [6.45, 7) is 6.76. The fourth-order valence-electron chi connectivity index (χ4n) is 5.18. The minimum atomic E-state index is -0.0964. The Kier molecular flexibility index (Phi) is 4.38. The maximum Gasteiger partial charge on any atom is 0.410 e. The Morgan fingerprint density at radius 1 is 1.21 bits per heavy atom. The molecule has 6 heteroatoms. The van der Waals surface area contributed by atoms with Crippen LogP contribution in [0.1, 0.15) is 42.4 Å². The van der Waals surface area contributed by atoms with E-state index in [1.165, 1.54) is 35.1 Å². The SMILES string of the molecule is Cc1ccc(C)c(-c2[nH]ncc2CN2C[C@@H]3OC(=O)N(C4CCCC4)[C@@H]3C2)c1. The summed E-state index contributed by atoms with van der Waals surface area (Å²) in [5.74, 6) is 0. The van der Waals surface area contributed by atoms with Crippen molar-refractivity contribution in [2.45, 2.75) is 64.3 Å². The summed E-state index contributed by atoms with van der Waals surface area (Å²) in [4.78, 5) is 16.8. The Morgan fingerprint density at radius 2 is 2.04 bits per heavy atom. The first kappa shape index (κ1) is 17.7. The first-order valence-corrected chi connectivity index (χ1v) is 10.4. The van der Waals surface area contributed by atoms with E-state index >= 15 is 0 Å². The van der Waals surface area contributed by atoms with Crippen molar-refractivity contribution in [1.29, 1.82) is 0 Å². The zero-order valence-corrected chi connectivity index (χ0v) is 16.6. The van der Waals surface area contributed by atoms with Crippen molar-refractivity contribution >= 4 is 6.09 Å². The maximum absolute atomic E-state index is 12.4. The van der Waals surface area contributed by atoms with Crippen molar-refractivity contribution < 1.29 is 9.53 Å². The molecule has 28 heavy (non-hydrogen) atoms. The normalized spacial score (nSPS) is 25.5. The largest absolute Gasteiger partial charge is 0.442 e. The van der Waals surface area contributed by atoms with E-state index in [-0.39, 0.29) is 18.2 Å². The first-order valence-electron chi connectivity index (χ1n) is 10.4. The van der Waals surface area contributed by atoms with Gasteiger partial charge < -0.3 is 4.74 Å². The van der Waals surface area contributed by atoms with Crippen LogP contribution in [0.15, 0.2) is 24.4 Å². The molecule has 1 aromatic heterocycles. The third kappa shape index (κ3) is 3.00. The van der Waals surface area contributed by atoms with Crippen molar-refractivity contribution in [3.63, 3.8) is 0 Å². The van der Waals surface area contributed by atoms with Gasteiger partial charge in [-0.2, -0.15) is 5.10 Å². The average Bonchev–Trinajstić information content (AvgIpc) is 3.42. The van der Waals surface area contributed by atoms with Crippen LogP contribution in [0.25, 0.3) is 11.3 Å². The number of fused-ring (bicyclic) bond motifs is 1. The molecule has 5 rings (SSSR count). The Balaban J connectivity index is 1.33. The predicted molar refractivity (Wildman–Crippen MR) is 107 cm³/mol. The van der Waals surface area contributed by atoms with E-state index in [1.807, 2.05) is 6.20 Å². The summed E-state index contributed by atoms with van der Waals surface area (Å²) in [5, 5.41) is 7.53. The molecule has 2 aromatic rings. The van der Waals surface area contributed by atoms with Gasteiger partial charge in [0.1, 0.15) is 6.10 Å². The molecule has 0 radical (unpaired) electrons. The lowest BCUT2D eigenvalue weighted by Gasteiger charge is -2.27. The number of carbonyl (C=O) groups is 1. The molecule has 1 aromatic carbocycles. The number of nitrogens with one attached hydrogen (secondary N) is 1. The summed E-state index contributed by atoms with van der Waals surface area (Å²) in [5.41, 5.74) is 6.01. The molecule has 2 atom stereocenters. The topological polar surface area (TPSA) is 61.5 Å². The quantitative estimate of drug-likeness (QED) is 0.880. The van der Waals surface area contributed by atoms with Gasteiger partial charge in [0.05, 0.1) is 17.9 Å². The smallest absolute Gasteiger partial charge is 0.410 e. The molecule has 3 heterocycles. The van der Waals surface area contributed by atoms with Crippen LogP contribution in [0.4, 0.5) is 4.79 Å². The van der Waals surface area contributed by atoms with Crippen LogP contribution in [0.5, 0.6) is 0 Å². The zero-order valence-electron chi connectivity index (χ0n) is 16.6. The fourth-order valence-corrected chi connectivity index (χ4v) is 5.18. The van der Waals surface area contributed by atoms with Crippen LogP contribution < -0.4 is 0 Å². The highest BCUT2D eigenvalue weighted by Crippen LogP contribution is 2.35. The molecule has 0 spiro atoms.